The maximum Gasteiger partial charge on any atom is 0.338 e. The molecule has 0 bridgehead atoms. The third-order valence-corrected chi connectivity index (χ3v) is 2.80. The summed E-state index contributed by atoms with van der Waals surface area (Å²) in [6, 6.07) is 10.7. The minimum atomic E-state index is -0.358. The van der Waals surface area contributed by atoms with Crippen molar-refractivity contribution in [3.05, 3.63) is 47.5 Å². The highest BCUT2D eigenvalue weighted by atomic mass is 16.5. The normalized spacial score (nSPS) is 10.3. The second kappa shape index (κ2) is 5.00. The monoisotopic (exact) mass is 242 g/mol. The van der Waals surface area contributed by atoms with E-state index >= 15 is 0 Å². The number of fused-ring (bicyclic) bond motifs is 1. The van der Waals surface area contributed by atoms with Gasteiger partial charge in [0.1, 0.15) is 0 Å². The van der Waals surface area contributed by atoms with Crippen LogP contribution in [0.3, 0.4) is 0 Å². The fourth-order valence-electron chi connectivity index (χ4n) is 2.00. The number of ether oxygens (including phenoxy) is 1. The van der Waals surface area contributed by atoms with E-state index in [0.717, 1.165) is 10.8 Å². The molecule has 0 radical (unpaired) electrons. The summed E-state index contributed by atoms with van der Waals surface area (Å²) < 4.78 is 5.01. The first kappa shape index (κ1) is 12.3. The first-order valence-electron chi connectivity index (χ1n) is 5.85. The standard InChI is InChI=1S/C15H14O3/c1-3-18-15(17)14-9-5-7-12-11(10(2)16)6-4-8-13(12)14/h4-9H,3H2,1-2H3. The molecule has 0 heterocycles. The van der Waals surface area contributed by atoms with Crippen molar-refractivity contribution in [3.63, 3.8) is 0 Å². The van der Waals surface area contributed by atoms with Gasteiger partial charge in [-0.25, -0.2) is 4.79 Å². The molecule has 0 aliphatic rings. The zero-order valence-corrected chi connectivity index (χ0v) is 10.4. The Morgan fingerprint density at radius 2 is 1.56 bits per heavy atom. The van der Waals surface area contributed by atoms with Crippen LogP contribution in [-0.2, 0) is 4.74 Å². The lowest BCUT2D eigenvalue weighted by Crippen LogP contribution is -2.06. The quantitative estimate of drug-likeness (QED) is 0.613. The summed E-state index contributed by atoms with van der Waals surface area (Å²) in [4.78, 5) is 23.4. The number of ketones is 1. The van der Waals surface area contributed by atoms with E-state index in [1.54, 1.807) is 31.2 Å². The molecule has 3 nitrogen and oxygen atoms in total. The van der Waals surface area contributed by atoms with Gasteiger partial charge in [0.15, 0.2) is 5.78 Å². The number of carbonyl (C=O) groups is 2. The Kier molecular flexibility index (Phi) is 3.42. The Morgan fingerprint density at radius 3 is 2.11 bits per heavy atom. The average molecular weight is 242 g/mol. The van der Waals surface area contributed by atoms with E-state index in [-0.39, 0.29) is 11.8 Å². The van der Waals surface area contributed by atoms with Crippen LogP contribution in [0.25, 0.3) is 10.8 Å². The fraction of sp³-hybridized carbons (Fsp3) is 0.200. The molecule has 3 heteroatoms. The first-order chi connectivity index (χ1) is 8.65. The Labute approximate surface area is 105 Å². The molecule has 2 aromatic carbocycles. The van der Waals surface area contributed by atoms with Crippen molar-refractivity contribution < 1.29 is 14.3 Å². The number of hydrogen-bond acceptors (Lipinski definition) is 3. The lowest BCUT2D eigenvalue weighted by Gasteiger charge is -2.08. The molecule has 0 N–H and O–H groups in total. The molecule has 0 aliphatic carbocycles. The lowest BCUT2D eigenvalue weighted by atomic mass is 9.98. The van der Waals surface area contributed by atoms with Crippen molar-refractivity contribution in [2.24, 2.45) is 0 Å². The van der Waals surface area contributed by atoms with Crippen molar-refractivity contribution in [3.8, 4) is 0 Å². The zero-order valence-electron chi connectivity index (χ0n) is 10.4. The molecule has 92 valence electrons. The Hall–Kier alpha value is -2.16. The minimum absolute atomic E-state index is 0.0124. The smallest absolute Gasteiger partial charge is 0.338 e. The third-order valence-electron chi connectivity index (χ3n) is 2.80. The molecule has 0 aliphatic heterocycles. The Bertz CT molecular complexity index is 614. The predicted molar refractivity (Wildman–Crippen MR) is 69.9 cm³/mol. The summed E-state index contributed by atoms with van der Waals surface area (Å²) in [5.41, 5.74) is 1.12. The summed E-state index contributed by atoms with van der Waals surface area (Å²) in [6.45, 7) is 3.62. The van der Waals surface area contributed by atoms with Crippen LogP contribution in [0.15, 0.2) is 36.4 Å². The number of carbonyl (C=O) groups excluding carboxylic acids is 2. The van der Waals surface area contributed by atoms with Gasteiger partial charge in [0.05, 0.1) is 12.2 Å². The van der Waals surface area contributed by atoms with E-state index < -0.39 is 0 Å². The van der Waals surface area contributed by atoms with E-state index in [0.29, 0.717) is 17.7 Å². The molecule has 0 fully saturated rings. The SMILES string of the molecule is CCOC(=O)c1cccc2c(C(C)=O)cccc12. The van der Waals surface area contributed by atoms with Crippen molar-refractivity contribution in [1.29, 1.82) is 0 Å². The number of hydrogen-bond donors (Lipinski definition) is 0. The topological polar surface area (TPSA) is 43.4 Å². The highest BCUT2D eigenvalue weighted by molar-refractivity contribution is 6.12. The van der Waals surface area contributed by atoms with Gasteiger partial charge in [-0.15, -0.1) is 0 Å². The van der Waals surface area contributed by atoms with Gasteiger partial charge in [0.2, 0.25) is 0 Å². The number of esters is 1. The molecule has 0 spiro atoms. The van der Waals surface area contributed by atoms with Crippen LogP contribution >= 0.6 is 0 Å². The van der Waals surface area contributed by atoms with Gasteiger partial charge in [-0.2, -0.15) is 0 Å². The molecule has 0 amide bonds. The van der Waals surface area contributed by atoms with Gasteiger partial charge in [-0.1, -0.05) is 30.3 Å². The van der Waals surface area contributed by atoms with Crippen molar-refractivity contribution >= 4 is 22.5 Å². The minimum Gasteiger partial charge on any atom is -0.462 e. The predicted octanol–water partition coefficient (Wildman–Crippen LogP) is 3.22. The van der Waals surface area contributed by atoms with Gasteiger partial charge in [0, 0.05) is 5.56 Å². The van der Waals surface area contributed by atoms with E-state index in [9.17, 15) is 9.59 Å². The molecular weight excluding hydrogens is 228 g/mol. The maximum absolute atomic E-state index is 11.8. The summed E-state index contributed by atoms with van der Waals surface area (Å²) in [5.74, 6) is -0.370. The first-order valence-corrected chi connectivity index (χ1v) is 5.85. The highest BCUT2D eigenvalue weighted by Gasteiger charge is 2.13. The zero-order chi connectivity index (χ0) is 13.1. The Morgan fingerprint density at radius 1 is 1.00 bits per heavy atom. The Balaban J connectivity index is 2.67. The van der Waals surface area contributed by atoms with E-state index in [2.05, 4.69) is 0 Å². The summed E-state index contributed by atoms with van der Waals surface area (Å²) in [6.07, 6.45) is 0. The molecule has 0 atom stereocenters. The number of benzene rings is 2. The summed E-state index contributed by atoms with van der Waals surface area (Å²) in [7, 11) is 0. The van der Waals surface area contributed by atoms with Gasteiger partial charge < -0.3 is 4.74 Å². The van der Waals surface area contributed by atoms with Gasteiger partial charge in [0.25, 0.3) is 0 Å². The largest absolute Gasteiger partial charge is 0.462 e. The van der Waals surface area contributed by atoms with Crippen molar-refractivity contribution in [2.75, 3.05) is 6.61 Å². The molecule has 0 unspecified atom stereocenters. The van der Waals surface area contributed by atoms with E-state index in [1.807, 2.05) is 12.1 Å². The second-order valence-electron chi connectivity index (χ2n) is 3.98. The average Bonchev–Trinajstić information content (AvgIpc) is 2.37. The summed E-state index contributed by atoms with van der Waals surface area (Å²) >= 11 is 0. The molecule has 18 heavy (non-hydrogen) atoms. The van der Waals surface area contributed by atoms with Crippen LogP contribution in [0.4, 0.5) is 0 Å². The summed E-state index contributed by atoms with van der Waals surface area (Å²) in [5, 5.41) is 1.54. The molecule has 2 aromatic rings. The second-order valence-corrected chi connectivity index (χ2v) is 3.98. The van der Waals surface area contributed by atoms with E-state index in [4.69, 9.17) is 4.74 Å². The molecular formula is C15H14O3. The van der Waals surface area contributed by atoms with Crippen molar-refractivity contribution in [1.82, 2.24) is 0 Å². The fourth-order valence-corrected chi connectivity index (χ4v) is 2.00. The van der Waals surface area contributed by atoms with Crippen molar-refractivity contribution in [2.45, 2.75) is 13.8 Å². The van der Waals surface area contributed by atoms with Crippen LogP contribution in [0.2, 0.25) is 0 Å². The molecule has 0 saturated carbocycles. The van der Waals surface area contributed by atoms with E-state index in [1.165, 1.54) is 6.92 Å². The van der Waals surface area contributed by atoms with Crippen LogP contribution < -0.4 is 0 Å². The molecule has 2 rings (SSSR count). The number of Topliss-reactive ketones (excluding diaryl/α,β-unsaturated/α-hetero) is 1. The number of rotatable bonds is 3. The highest BCUT2D eigenvalue weighted by Crippen LogP contribution is 2.23. The van der Waals surface area contributed by atoms with Crippen LogP contribution in [0, 0.1) is 0 Å². The van der Waals surface area contributed by atoms with Crippen LogP contribution in [0.1, 0.15) is 34.6 Å². The van der Waals surface area contributed by atoms with Gasteiger partial charge in [-0.05, 0) is 30.7 Å². The van der Waals surface area contributed by atoms with Gasteiger partial charge in [-0.3, -0.25) is 4.79 Å². The third kappa shape index (κ3) is 2.12. The lowest BCUT2D eigenvalue weighted by molar-refractivity contribution is 0.0528. The molecule has 0 aromatic heterocycles. The van der Waals surface area contributed by atoms with Crippen LogP contribution in [-0.4, -0.2) is 18.4 Å². The maximum atomic E-state index is 11.8. The van der Waals surface area contributed by atoms with Gasteiger partial charge >= 0.3 is 5.97 Å². The van der Waals surface area contributed by atoms with Crippen LogP contribution in [0.5, 0.6) is 0 Å². The molecule has 0 saturated heterocycles.